The van der Waals surface area contributed by atoms with Crippen LogP contribution in [0, 0.1) is 6.92 Å². The molecular weight excluding hydrogens is 314 g/mol. The van der Waals surface area contributed by atoms with Crippen molar-refractivity contribution in [2.45, 2.75) is 25.9 Å². The van der Waals surface area contributed by atoms with Gasteiger partial charge in [0.25, 0.3) is 5.91 Å². The zero-order valence-corrected chi connectivity index (χ0v) is 14.0. The van der Waals surface area contributed by atoms with Crippen molar-refractivity contribution in [1.82, 2.24) is 14.8 Å². The number of aryl methyl sites for hydroxylation is 1. The Balaban J connectivity index is 1.67. The SMILES string of the molecule is Cc1nc(C(=O)N2CCN(Cc3ccoc3)C(CCO)C2)cs1. The summed E-state index contributed by atoms with van der Waals surface area (Å²) in [7, 11) is 0. The number of rotatable bonds is 5. The van der Waals surface area contributed by atoms with Crippen molar-refractivity contribution in [2.75, 3.05) is 26.2 Å². The summed E-state index contributed by atoms with van der Waals surface area (Å²) in [6.07, 6.45) is 4.06. The first-order chi connectivity index (χ1) is 11.2. The van der Waals surface area contributed by atoms with Gasteiger partial charge < -0.3 is 14.4 Å². The molecule has 2 aromatic heterocycles. The minimum Gasteiger partial charge on any atom is -0.472 e. The maximum absolute atomic E-state index is 12.6. The van der Waals surface area contributed by atoms with Crippen LogP contribution < -0.4 is 0 Å². The Hall–Kier alpha value is -1.70. The monoisotopic (exact) mass is 335 g/mol. The van der Waals surface area contributed by atoms with Gasteiger partial charge in [-0.15, -0.1) is 11.3 Å². The summed E-state index contributed by atoms with van der Waals surface area (Å²) in [6, 6.07) is 2.10. The van der Waals surface area contributed by atoms with Gasteiger partial charge in [0.05, 0.1) is 17.5 Å². The lowest BCUT2D eigenvalue weighted by Crippen LogP contribution is -2.54. The third-order valence-electron chi connectivity index (χ3n) is 4.16. The highest BCUT2D eigenvalue weighted by atomic mass is 32.1. The maximum atomic E-state index is 12.6. The first kappa shape index (κ1) is 16.2. The second-order valence-electron chi connectivity index (χ2n) is 5.77. The average Bonchev–Trinajstić information content (AvgIpc) is 3.20. The van der Waals surface area contributed by atoms with Gasteiger partial charge in [0.2, 0.25) is 0 Å². The Morgan fingerprint density at radius 2 is 2.39 bits per heavy atom. The van der Waals surface area contributed by atoms with Crippen LogP contribution in [0.25, 0.3) is 0 Å². The number of carbonyl (C=O) groups excluding carboxylic acids is 1. The number of carbonyl (C=O) groups is 1. The molecule has 1 aliphatic rings. The summed E-state index contributed by atoms with van der Waals surface area (Å²) in [6.45, 7) is 4.87. The van der Waals surface area contributed by atoms with E-state index < -0.39 is 0 Å². The van der Waals surface area contributed by atoms with Crippen molar-refractivity contribution in [3.63, 3.8) is 0 Å². The molecule has 3 heterocycles. The number of hydrogen-bond donors (Lipinski definition) is 1. The number of amides is 1. The van der Waals surface area contributed by atoms with E-state index in [9.17, 15) is 9.90 Å². The quantitative estimate of drug-likeness (QED) is 0.901. The Morgan fingerprint density at radius 3 is 3.04 bits per heavy atom. The highest BCUT2D eigenvalue weighted by Crippen LogP contribution is 2.19. The first-order valence-corrected chi connectivity index (χ1v) is 8.62. The fourth-order valence-electron chi connectivity index (χ4n) is 2.95. The van der Waals surface area contributed by atoms with Gasteiger partial charge in [0.1, 0.15) is 5.69 Å². The van der Waals surface area contributed by atoms with E-state index in [0.29, 0.717) is 25.2 Å². The molecule has 1 amide bonds. The molecule has 0 bridgehead atoms. The molecule has 1 fully saturated rings. The fourth-order valence-corrected chi connectivity index (χ4v) is 3.54. The predicted molar refractivity (Wildman–Crippen MR) is 87.4 cm³/mol. The van der Waals surface area contributed by atoms with E-state index in [2.05, 4.69) is 9.88 Å². The lowest BCUT2D eigenvalue weighted by atomic mass is 10.1. The largest absolute Gasteiger partial charge is 0.472 e. The van der Waals surface area contributed by atoms with Gasteiger partial charge >= 0.3 is 0 Å². The third kappa shape index (κ3) is 3.80. The lowest BCUT2D eigenvalue weighted by molar-refractivity contribution is 0.0391. The van der Waals surface area contributed by atoms with Gasteiger partial charge in [-0.3, -0.25) is 9.69 Å². The number of aliphatic hydroxyl groups is 1. The van der Waals surface area contributed by atoms with Gasteiger partial charge in [-0.05, 0) is 19.4 Å². The molecule has 1 N–H and O–H groups in total. The third-order valence-corrected chi connectivity index (χ3v) is 4.93. The summed E-state index contributed by atoms with van der Waals surface area (Å²) in [4.78, 5) is 21.0. The summed E-state index contributed by atoms with van der Waals surface area (Å²) in [5, 5.41) is 12.1. The Morgan fingerprint density at radius 1 is 1.52 bits per heavy atom. The van der Waals surface area contributed by atoms with E-state index >= 15 is 0 Å². The first-order valence-electron chi connectivity index (χ1n) is 7.74. The topological polar surface area (TPSA) is 69.8 Å². The van der Waals surface area contributed by atoms with Crippen LogP contribution in [0.3, 0.4) is 0 Å². The van der Waals surface area contributed by atoms with Gasteiger partial charge in [0, 0.05) is 49.8 Å². The Bertz CT molecular complexity index is 641. The van der Waals surface area contributed by atoms with Crippen LogP contribution >= 0.6 is 11.3 Å². The summed E-state index contributed by atoms with van der Waals surface area (Å²) in [5.74, 6) is -0.0137. The fraction of sp³-hybridized carbons (Fsp3) is 0.500. The van der Waals surface area contributed by atoms with Crippen LogP contribution in [-0.2, 0) is 6.54 Å². The van der Waals surface area contributed by atoms with Gasteiger partial charge in [-0.1, -0.05) is 0 Å². The second kappa shape index (κ2) is 7.25. The summed E-state index contributed by atoms with van der Waals surface area (Å²) < 4.78 is 5.12. The molecule has 0 aliphatic carbocycles. The van der Waals surface area contributed by atoms with Crippen molar-refractivity contribution >= 4 is 17.2 Å². The van der Waals surface area contributed by atoms with Gasteiger partial charge in [0.15, 0.2) is 0 Å². The van der Waals surface area contributed by atoms with Gasteiger partial charge in [-0.25, -0.2) is 4.98 Å². The molecule has 124 valence electrons. The molecule has 0 radical (unpaired) electrons. The van der Waals surface area contributed by atoms with Crippen molar-refractivity contribution in [2.24, 2.45) is 0 Å². The number of piperazine rings is 1. The predicted octanol–water partition coefficient (Wildman–Crippen LogP) is 1.75. The summed E-state index contributed by atoms with van der Waals surface area (Å²) in [5.41, 5.74) is 1.64. The van der Waals surface area contributed by atoms with Crippen LogP contribution in [-0.4, -0.2) is 58.1 Å². The lowest BCUT2D eigenvalue weighted by Gasteiger charge is -2.41. The minimum absolute atomic E-state index is 0.0137. The molecule has 6 nitrogen and oxygen atoms in total. The molecule has 0 spiro atoms. The van der Waals surface area contributed by atoms with Crippen LogP contribution in [0.2, 0.25) is 0 Å². The normalized spacial score (nSPS) is 19.2. The zero-order chi connectivity index (χ0) is 16.2. The van der Waals surface area contributed by atoms with Crippen LogP contribution in [0.4, 0.5) is 0 Å². The number of aromatic nitrogens is 1. The molecule has 1 atom stereocenters. The number of aliphatic hydroxyl groups excluding tert-OH is 1. The van der Waals surface area contributed by atoms with E-state index in [1.165, 1.54) is 11.3 Å². The van der Waals surface area contributed by atoms with Crippen LogP contribution in [0.15, 0.2) is 28.4 Å². The minimum atomic E-state index is -0.0137. The number of nitrogens with zero attached hydrogens (tertiary/aromatic N) is 3. The van der Waals surface area contributed by atoms with Crippen LogP contribution in [0.1, 0.15) is 27.5 Å². The number of hydrogen-bond acceptors (Lipinski definition) is 6. The summed E-state index contributed by atoms with van der Waals surface area (Å²) >= 11 is 1.49. The average molecular weight is 335 g/mol. The molecular formula is C16H21N3O3S. The molecule has 0 aromatic carbocycles. The Labute approximate surface area is 139 Å². The number of thiazole rings is 1. The molecule has 0 saturated carbocycles. The molecule has 3 rings (SSSR count). The van der Waals surface area contributed by atoms with Crippen molar-refractivity contribution in [3.8, 4) is 0 Å². The number of furan rings is 1. The Kier molecular flexibility index (Phi) is 5.09. The van der Waals surface area contributed by atoms with Crippen molar-refractivity contribution in [3.05, 3.63) is 40.2 Å². The highest BCUT2D eigenvalue weighted by molar-refractivity contribution is 7.09. The molecule has 1 saturated heterocycles. The van der Waals surface area contributed by atoms with Gasteiger partial charge in [-0.2, -0.15) is 0 Å². The maximum Gasteiger partial charge on any atom is 0.273 e. The van der Waals surface area contributed by atoms with E-state index in [4.69, 9.17) is 4.42 Å². The van der Waals surface area contributed by atoms with E-state index in [1.807, 2.05) is 23.3 Å². The van der Waals surface area contributed by atoms with Crippen molar-refractivity contribution in [1.29, 1.82) is 0 Å². The standard InChI is InChI=1S/C16H21N3O3S/c1-12-17-15(11-23-12)16(21)19-5-4-18(14(9-19)2-6-20)8-13-3-7-22-10-13/h3,7,10-11,14,20H,2,4-6,8-9H2,1H3. The van der Waals surface area contributed by atoms with Crippen molar-refractivity contribution < 1.29 is 14.3 Å². The van der Waals surface area contributed by atoms with Crippen LogP contribution in [0.5, 0.6) is 0 Å². The smallest absolute Gasteiger partial charge is 0.273 e. The zero-order valence-electron chi connectivity index (χ0n) is 13.1. The molecule has 7 heteroatoms. The molecule has 1 aliphatic heterocycles. The molecule has 1 unspecified atom stereocenters. The molecule has 23 heavy (non-hydrogen) atoms. The van der Waals surface area contributed by atoms with E-state index in [1.54, 1.807) is 12.5 Å². The van der Waals surface area contributed by atoms with E-state index in [-0.39, 0.29) is 18.6 Å². The molecule has 2 aromatic rings. The van der Waals surface area contributed by atoms with E-state index in [0.717, 1.165) is 23.7 Å². The highest BCUT2D eigenvalue weighted by Gasteiger charge is 2.30. The second-order valence-corrected chi connectivity index (χ2v) is 6.83.